The lowest BCUT2D eigenvalue weighted by molar-refractivity contribution is -0.145. The summed E-state index contributed by atoms with van der Waals surface area (Å²) in [5.74, 6) is -3.27. The highest BCUT2D eigenvalue weighted by molar-refractivity contribution is 5.94. The molecule has 1 saturated heterocycles. The summed E-state index contributed by atoms with van der Waals surface area (Å²) in [5.41, 5.74) is 17.2. The van der Waals surface area contributed by atoms with E-state index < -0.39 is 54.5 Å². The first-order valence-corrected chi connectivity index (χ1v) is 11.9. The van der Waals surface area contributed by atoms with E-state index in [1.807, 2.05) is 0 Å². The predicted molar refractivity (Wildman–Crippen MR) is 133 cm³/mol. The van der Waals surface area contributed by atoms with E-state index in [0.29, 0.717) is 24.8 Å². The number of phenolic OH excluding ortho intramolecular Hbond substituents is 1. The van der Waals surface area contributed by atoms with Gasteiger partial charge in [0.05, 0.1) is 12.6 Å². The smallest absolute Gasteiger partial charge is 0.328 e. The van der Waals surface area contributed by atoms with Gasteiger partial charge < -0.3 is 48.1 Å². The molecule has 37 heavy (non-hydrogen) atoms. The van der Waals surface area contributed by atoms with Crippen LogP contribution in [-0.4, -0.2) is 93.7 Å². The topological polar surface area (TPSA) is 247 Å². The van der Waals surface area contributed by atoms with Gasteiger partial charge in [0.25, 0.3) is 0 Å². The number of nitrogens with one attached hydrogen (secondary N) is 2. The second-order valence-corrected chi connectivity index (χ2v) is 8.76. The summed E-state index contributed by atoms with van der Waals surface area (Å²) < 4.78 is 0. The van der Waals surface area contributed by atoms with E-state index in [1.54, 1.807) is 12.1 Å². The first kappa shape index (κ1) is 29.3. The first-order chi connectivity index (χ1) is 17.5. The highest BCUT2D eigenvalue weighted by atomic mass is 16.4. The Balaban J connectivity index is 2.17. The van der Waals surface area contributed by atoms with Crippen molar-refractivity contribution >= 4 is 29.7 Å². The number of carboxylic acids is 1. The van der Waals surface area contributed by atoms with Crippen LogP contribution in [-0.2, 0) is 25.6 Å². The van der Waals surface area contributed by atoms with Crippen LogP contribution < -0.4 is 27.8 Å². The molecule has 1 aromatic rings. The summed E-state index contributed by atoms with van der Waals surface area (Å²) in [6.07, 6.45) is 1.54. The number of nitrogens with two attached hydrogens (primary N) is 3. The Labute approximate surface area is 213 Å². The van der Waals surface area contributed by atoms with Crippen molar-refractivity contribution in [2.45, 2.75) is 56.3 Å². The zero-order valence-electron chi connectivity index (χ0n) is 20.4. The molecule has 0 spiro atoms. The summed E-state index contributed by atoms with van der Waals surface area (Å²) in [5, 5.41) is 32.8. The number of carbonyl (C=O) groups is 4. The number of hydrogen-bond donors (Lipinski definition) is 8. The fourth-order valence-corrected chi connectivity index (χ4v) is 3.95. The van der Waals surface area contributed by atoms with Gasteiger partial charge in [0.15, 0.2) is 5.96 Å². The molecule has 204 valence electrons. The highest BCUT2D eigenvalue weighted by Crippen LogP contribution is 2.21. The monoisotopic (exact) mass is 521 g/mol. The highest BCUT2D eigenvalue weighted by Gasteiger charge is 2.39. The Bertz CT molecular complexity index is 982. The molecule has 14 nitrogen and oxygen atoms in total. The molecule has 2 rings (SSSR count). The molecule has 14 heteroatoms. The maximum atomic E-state index is 13.5. The number of phenols is 1. The minimum absolute atomic E-state index is 0.0339. The lowest BCUT2D eigenvalue weighted by Gasteiger charge is -2.30. The third kappa shape index (κ3) is 8.91. The molecule has 1 aliphatic rings. The number of rotatable bonds is 13. The molecule has 0 aliphatic carbocycles. The largest absolute Gasteiger partial charge is 0.508 e. The maximum Gasteiger partial charge on any atom is 0.328 e. The number of nitrogens with zero attached hydrogens (tertiary/aromatic N) is 2. The van der Waals surface area contributed by atoms with Crippen LogP contribution in [0.15, 0.2) is 29.3 Å². The summed E-state index contributed by atoms with van der Waals surface area (Å²) in [7, 11) is 0. The second-order valence-electron chi connectivity index (χ2n) is 8.76. The zero-order valence-corrected chi connectivity index (χ0v) is 20.4. The molecule has 1 aliphatic heterocycles. The number of carboxylic acid groups (broad SMARTS) is 1. The molecule has 1 fully saturated rings. The maximum absolute atomic E-state index is 13.5. The van der Waals surface area contributed by atoms with Gasteiger partial charge in [-0.25, -0.2) is 4.79 Å². The molecule has 1 aromatic carbocycles. The van der Waals surface area contributed by atoms with E-state index in [2.05, 4.69) is 15.6 Å². The van der Waals surface area contributed by atoms with Crippen molar-refractivity contribution in [3.63, 3.8) is 0 Å². The van der Waals surface area contributed by atoms with Crippen molar-refractivity contribution in [3.05, 3.63) is 29.8 Å². The molecule has 4 atom stereocenters. The minimum atomic E-state index is -1.51. The van der Waals surface area contributed by atoms with E-state index in [0.717, 1.165) is 0 Å². The van der Waals surface area contributed by atoms with E-state index in [1.165, 1.54) is 17.0 Å². The number of aliphatic imine (C=N–C) groups is 1. The third-order valence-electron chi connectivity index (χ3n) is 5.93. The Hall–Kier alpha value is -3.91. The second kappa shape index (κ2) is 14.0. The van der Waals surface area contributed by atoms with E-state index in [4.69, 9.17) is 22.3 Å². The zero-order chi connectivity index (χ0) is 27.5. The van der Waals surface area contributed by atoms with E-state index in [-0.39, 0.29) is 37.6 Å². The SMILES string of the molecule is NC(N)=NCCCC(N)C(=O)NC(Cc1ccc(O)cc1)C(=O)N1CCCC1C(=O)NC(CO)C(=O)O. The van der Waals surface area contributed by atoms with Crippen LogP contribution in [0.3, 0.4) is 0 Å². The number of amides is 3. The van der Waals surface area contributed by atoms with Crippen LogP contribution in [0, 0.1) is 0 Å². The molecule has 0 radical (unpaired) electrons. The average Bonchev–Trinajstić information content (AvgIpc) is 3.35. The molecule has 1 heterocycles. The third-order valence-corrected chi connectivity index (χ3v) is 5.93. The predicted octanol–water partition coefficient (Wildman–Crippen LogP) is -2.65. The van der Waals surface area contributed by atoms with Gasteiger partial charge in [-0.2, -0.15) is 0 Å². The van der Waals surface area contributed by atoms with Gasteiger partial charge in [0.1, 0.15) is 23.9 Å². The standard InChI is InChI=1S/C23H35N7O7/c24-15(3-1-9-27-23(25)26)19(33)28-16(11-13-5-7-14(32)8-6-13)21(35)30-10-2-4-18(30)20(34)29-17(12-31)22(36)37/h5-8,15-18,31-32H,1-4,9-12,24H2,(H,28,33)(H,29,34)(H,36,37)(H4,25,26,27). The molecule has 11 N–H and O–H groups in total. The lowest BCUT2D eigenvalue weighted by Crippen LogP contribution is -2.57. The Kier molecular flexibility index (Phi) is 11.1. The molecular weight excluding hydrogens is 486 g/mol. The van der Waals surface area contributed by atoms with E-state index in [9.17, 15) is 29.4 Å². The van der Waals surface area contributed by atoms with Gasteiger partial charge in [-0.15, -0.1) is 0 Å². The van der Waals surface area contributed by atoms with Gasteiger partial charge in [0.2, 0.25) is 17.7 Å². The number of aliphatic carboxylic acids is 1. The summed E-state index contributed by atoms with van der Waals surface area (Å²) in [6, 6.07) is 1.60. The fraction of sp³-hybridized carbons (Fsp3) is 0.522. The van der Waals surface area contributed by atoms with Crippen LogP contribution in [0.2, 0.25) is 0 Å². The first-order valence-electron chi connectivity index (χ1n) is 11.9. The van der Waals surface area contributed by atoms with Crippen molar-refractivity contribution in [1.29, 1.82) is 0 Å². The number of likely N-dealkylation sites (tertiary alicyclic amines) is 1. The average molecular weight is 522 g/mol. The molecule has 0 aromatic heterocycles. The lowest BCUT2D eigenvalue weighted by atomic mass is 10.0. The summed E-state index contributed by atoms with van der Waals surface area (Å²) in [4.78, 5) is 55.4. The molecule has 0 saturated carbocycles. The van der Waals surface area contributed by atoms with Crippen molar-refractivity contribution in [2.24, 2.45) is 22.2 Å². The number of aliphatic hydroxyl groups is 1. The Morgan fingerprint density at radius 1 is 1.11 bits per heavy atom. The van der Waals surface area contributed by atoms with Crippen LogP contribution in [0.1, 0.15) is 31.2 Å². The molecule has 4 unspecified atom stereocenters. The number of aliphatic hydroxyl groups excluding tert-OH is 1. The van der Waals surface area contributed by atoms with Crippen LogP contribution in [0.5, 0.6) is 5.75 Å². The van der Waals surface area contributed by atoms with Crippen LogP contribution in [0.25, 0.3) is 0 Å². The summed E-state index contributed by atoms with van der Waals surface area (Å²) in [6.45, 7) is -0.294. The van der Waals surface area contributed by atoms with Crippen molar-refractivity contribution in [3.8, 4) is 5.75 Å². The van der Waals surface area contributed by atoms with Gasteiger partial charge in [-0.1, -0.05) is 12.1 Å². The number of guanidine groups is 1. The van der Waals surface area contributed by atoms with E-state index >= 15 is 0 Å². The van der Waals surface area contributed by atoms with Gasteiger partial charge in [-0.3, -0.25) is 19.4 Å². The van der Waals surface area contributed by atoms with Gasteiger partial charge >= 0.3 is 5.97 Å². The number of aromatic hydroxyl groups is 1. The van der Waals surface area contributed by atoms with Crippen molar-refractivity contribution < 1.29 is 34.5 Å². The minimum Gasteiger partial charge on any atom is -0.508 e. The van der Waals surface area contributed by atoms with Crippen LogP contribution in [0.4, 0.5) is 0 Å². The normalized spacial score (nSPS) is 17.4. The van der Waals surface area contributed by atoms with Gasteiger partial charge in [-0.05, 0) is 43.4 Å². The van der Waals surface area contributed by atoms with Gasteiger partial charge in [0, 0.05) is 19.5 Å². The Morgan fingerprint density at radius 2 is 1.78 bits per heavy atom. The quantitative estimate of drug-likeness (QED) is 0.0760. The fourth-order valence-electron chi connectivity index (χ4n) is 3.95. The summed E-state index contributed by atoms with van der Waals surface area (Å²) >= 11 is 0. The number of carbonyl (C=O) groups excluding carboxylic acids is 3. The molecule has 3 amide bonds. The van der Waals surface area contributed by atoms with Crippen molar-refractivity contribution in [2.75, 3.05) is 19.7 Å². The molecule has 0 bridgehead atoms. The number of hydrogen-bond acceptors (Lipinski definition) is 8. The number of benzene rings is 1. The Morgan fingerprint density at radius 3 is 2.38 bits per heavy atom. The van der Waals surface area contributed by atoms with Crippen molar-refractivity contribution in [1.82, 2.24) is 15.5 Å². The molecular formula is C23H35N7O7. The van der Waals surface area contributed by atoms with Crippen LogP contribution >= 0.6 is 0 Å².